The Morgan fingerprint density at radius 2 is 1.64 bits per heavy atom. The molecule has 1 aliphatic heterocycles. The molecule has 0 aromatic heterocycles. The molecule has 0 unspecified atom stereocenters. The maximum absolute atomic E-state index is 12.4. The van der Waals surface area contributed by atoms with E-state index in [0.717, 1.165) is 19.4 Å². The molecular weight excluding hydrogens is 452 g/mol. The van der Waals surface area contributed by atoms with Crippen molar-refractivity contribution in [3.63, 3.8) is 0 Å². The quantitative estimate of drug-likeness (QED) is 0.690. The van der Waals surface area contributed by atoms with Crippen molar-refractivity contribution in [1.29, 1.82) is 0 Å². The lowest BCUT2D eigenvalue weighted by molar-refractivity contribution is -0.116. The Morgan fingerprint density at radius 3 is 2.36 bits per heavy atom. The largest absolute Gasteiger partial charge is 0.326 e. The van der Waals surface area contributed by atoms with Crippen molar-refractivity contribution in [3.8, 4) is 0 Å². The van der Waals surface area contributed by atoms with Gasteiger partial charge in [0.1, 0.15) is 0 Å². The van der Waals surface area contributed by atoms with Crippen LogP contribution in [0.15, 0.2) is 45.3 Å². The molecule has 2 aromatic rings. The van der Waals surface area contributed by atoms with Gasteiger partial charge in [-0.15, -0.1) is 0 Å². The van der Waals surface area contributed by atoms with Crippen LogP contribution in [0.5, 0.6) is 0 Å². The number of rotatable bonds is 4. The van der Waals surface area contributed by atoms with E-state index in [9.17, 15) is 14.4 Å². The van der Waals surface area contributed by atoms with Crippen LogP contribution in [0, 0.1) is 6.92 Å². The van der Waals surface area contributed by atoms with Gasteiger partial charge in [-0.25, -0.2) is 0 Å². The standard InChI is InChI=1S/C18H14Br2N2O3/c1-10-8-11(19)3-5-15(10)21-16(23)6-7-22-17(24)13-4-2-12(20)9-14(13)18(22)25/h2-5,8-9H,6-7H2,1H3,(H,21,23). The van der Waals surface area contributed by atoms with Crippen LogP contribution in [-0.4, -0.2) is 29.2 Å². The molecule has 3 amide bonds. The van der Waals surface area contributed by atoms with Gasteiger partial charge in [-0.2, -0.15) is 0 Å². The number of halogens is 2. The van der Waals surface area contributed by atoms with E-state index in [1.165, 1.54) is 0 Å². The number of carbonyl (C=O) groups is 3. The number of carbonyl (C=O) groups excluding carboxylic acids is 3. The summed E-state index contributed by atoms with van der Waals surface area (Å²) in [6.45, 7) is 1.94. The fraction of sp³-hybridized carbons (Fsp3) is 0.167. The molecule has 0 radical (unpaired) electrons. The van der Waals surface area contributed by atoms with Gasteiger partial charge < -0.3 is 5.32 Å². The lowest BCUT2D eigenvalue weighted by Gasteiger charge is -2.14. The highest BCUT2D eigenvalue weighted by Gasteiger charge is 2.35. The predicted molar refractivity (Wildman–Crippen MR) is 102 cm³/mol. The van der Waals surface area contributed by atoms with E-state index < -0.39 is 0 Å². The number of nitrogens with one attached hydrogen (secondary N) is 1. The van der Waals surface area contributed by atoms with Crippen molar-refractivity contribution in [3.05, 3.63) is 62.0 Å². The first-order chi connectivity index (χ1) is 11.9. The zero-order valence-electron chi connectivity index (χ0n) is 13.3. The fourth-order valence-corrected chi connectivity index (χ4v) is 3.50. The van der Waals surface area contributed by atoms with Gasteiger partial charge in [0.25, 0.3) is 11.8 Å². The molecule has 5 nitrogen and oxygen atoms in total. The topological polar surface area (TPSA) is 66.5 Å². The Kier molecular flexibility index (Phi) is 5.06. The molecule has 0 fully saturated rings. The van der Waals surface area contributed by atoms with Crippen molar-refractivity contribution in [2.75, 3.05) is 11.9 Å². The predicted octanol–water partition coefficient (Wildman–Crippen LogP) is 4.14. The van der Waals surface area contributed by atoms with Crippen LogP contribution in [-0.2, 0) is 4.79 Å². The smallest absolute Gasteiger partial charge is 0.261 e. The summed E-state index contributed by atoms with van der Waals surface area (Å²) in [7, 11) is 0. The van der Waals surface area contributed by atoms with Gasteiger partial charge in [0.05, 0.1) is 11.1 Å². The van der Waals surface area contributed by atoms with Crippen molar-refractivity contribution in [1.82, 2.24) is 4.90 Å². The molecule has 1 aliphatic rings. The Balaban J connectivity index is 1.65. The molecule has 1 N–H and O–H groups in total. The van der Waals surface area contributed by atoms with E-state index in [0.29, 0.717) is 16.8 Å². The van der Waals surface area contributed by atoms with E-state index >= 15 is 0 Å². The highest BCUT2D eigenvalue weighted by atomic mass is 79.9. The Labute approximate surface area is 161 Å². The number of hydrogen-bond donors (Lipinski definition) is 1. The number of hydrogen-bond acceptors (Lipinski definition) is 3. The summed E-state index contributed by atoms with van der Waals surface area (Å²) in [6.07, 6.45) is 0.0438. The molecule has 7 heteroatoms. The minimum atomic E-state index is -0.367. The van der Waals surface area contributed by atoms with Crippen LogP contribution in [0.2, 0.25) is 0 Å². The Bertz CT molecular complexity index is 896. The molecule has 0 aliphatic carbocycles. The zero-order valence-corrected chi connectivity index (χ0v) is 16.5. The summed E-state index contributed by atoms with van der Waals surface area (Å²) in [5, 5.41) is 2.80. The van der Waals surface area contributed by atoms with E-state index in [-0.39, 0.29) is 30.7 Å². The summed E-state index contributed by atoms with van der Waals surface area (Å²) in [5.41, 5.74) is 2.37. The van der Waals surface area contributed by atoms with Crippen LogP contribution >= 0.6 is 31.9 Å². The van der Waals surface area contributed by atoms with Crippen LogP contribution in [0.1, 0.15) is 32.7 Å². The summed E-state index contributed by atoms with van der Waals surface area (Å²) in [4.78, 5) is 38.0. The van der Waals surface area contributed by atoms with Crippen LogP contribution < -0.4 is 5.32 Å². The first kappa shape index (κ1) is 17.8. The molecule has 25 heavy (non-hydrogen) atoms. The van der Waals surface area contributed by atoms with Crippen molar-refractivity contribution >= 4 is 55.3 Å². The second kappa shape index (κ2) is 7.09. The number of benzene rings is 2. The molecule has 0 atom stereocenters. The van der Waals surface area contributed by atoms with Crippen LogP contribution in [0.3, 0.4) is 0 Å². The maximum atomic E-state index is 12.4. The van der Waals surface area contributed by atoms with Gasteiger partial charge in [0.15, 0.2) is 0 Å². The number of imide groups is 1. The SMILES string of the molecule is Cc1cc(Br)ccc1NC(=O)CCN1C(=O)c2ccc(Br)cc2C1=O. The maximum Gasteiger partial charge on any atom is 0.261 e. The Hall–Kier alpha value is -1.99. The van der Waals surface area contributed by atoms with E-state index in [1.54, 1.807) is 24.3 Å². The van der Waals surface area contributed by atoms with Crippen molar-refractivity contribution in [2.45, 2.75) is 13.3 Å². The summed E-state index contributed by atoms with van der Waals surface area (Å²) < 4.78 is 1.66. The lowest BCUT2D eigenvalue weighted by atomic mass is 10.1. The summed E-state index contributed by atoms with van der Waals surface area (Å²) in [6, 6.07) is 10.5. The van der Waals surface area contributed by atoms with Gasteiger partial charge >= 0.3 is 0 Å². The van der Waals surface area contributed by atoms with E-state index in [1.807, 2.05) is 19.1 Å². The average Bonchev–Trinajstić information content (AvgIpc) is 2.79. The normalized spacial score (nSPS) is 13.2. The van der Waals surface area contributed by atoms with Gasteiger partial charge in [-0.1, -0.05) is 31.9 Å². The second-order valence-electron chi connectivity index (χ2n) is 5.71. The lowest BCUT2D eigenvalue weighted by Crippen LogP contribution is -2.32. The zero-order chi connectivity index (χ0) is 18.1. The number of anilines is 1. The second-order valence-corrected chi connectivity index (χ2v) is 7.54. The van der Waals surface area contributed by atoms with Crippen LogP contribution in [0.25, 0.3) is 0 Å². The third-order valence-electron chi connectivity index (χ3n) is 3.96. The third-order valence-corrected chi connectivity index (χ3v) is 4.94. The van der Waals surface area contributed by atoms with E-state index in [2.05, 4.69) is 37.2 Å². The van der Waals surface area contributed by atoms with Crippen molar-refractivity contribution in [2.24, 2.45) is 0 Å². The van der Waals surface area contributed by atoms with E-state index in [4.69, 9.17) is 0 Å². The minimum absolute atomic E-state index is 0.0438. The number of fused-ring (bicyclic) bond motifs is 1. The number of nitrogens with zero attached hydrogens (tertiary/aromatic N) is 1. The number of amides is 3. The highest BCUT2D eigenvalue weighted by Crippen LogP contribution is 2.26. The van der Waals surface area contributed by atoms with Gasteiger partial charge in [0, 0.05) is 27.6 Å². The molecule has 1 heterocycles. The van der Waals surface area contributed by atoms with Crippen molar-refractivity contribution < 1.29 is 14.4 Å². The number of aryl methyl sites for hydroxylation is 1. The summed E-state index contributed by atoms with van der Waals surface area (Å²) >= 11 is 6.67. The summed E-state index contributed by atoms with van der Waals surface area (Å²) in [5.74, 6) is -0.975. The highest BCUT2D eigenvalue weighted by molar-refractivity contribution is 9.10. The molecule has 0 saturated heterocycles. The minimum Gasteiger partial charge on any atom is -0.326 e. The molecule has 0 saturated carbocycles. The first-order valence-corrected chi connectivity index (χ1v) is 9.17. The molecular formula is C18H14Br2N2O3. The monoisotopic (exact) mass is 464 g/mol. The molecule has 0 bridgehead atoms. The first-order valence-electron chi connectivity index (χ1n) is 7.58. The Morgan fingerprint density at radius 1 is 1.00 bits per heavy atom. The third kappa shape index (κ3) is 3.67. The molecule has 128 valence electrons. The van der Waals surface area contributed by atoms with Gasteiger partial charge in [0.2, 0.25) is 5.91 Å². The van der Waals surface area contributed by atoms with Gasteiger partial charge in [-0.3, -0.25) is 19.3 Å². The molecule has 3 rings (SSSR count). The van der Waals surface area contributed by atoms with Gasteiger partial charge in [-0.05, 0) is 48.9 Å². The fourth-order valence-electron chi connectivity index (χ4n) is 2.66. The average molecular weight is 466 g/mol. The molecule has 0 spiro atoms. The van der Waals surface area contributed by atoms with Crippen LogP contribution in [0.4, 0.5) is 5.69 Å². The molecule has 2 aromatic carbocycles.